The molecule has 1 aliphatic rings. The van der Waals surface area contributed by atoms with E-state index in [9.17, 15) is 18.0 Å². The van der Waals surface area contributed by atoms with E-state index < -0.39 is 15.9 Å². The summed E-state index contributed by atoms with van der Waals surface area (Å²) in [6.45, 7) is 3.88. The summed E-state index contributed by atoms with van der Waals surface area (Å²) in [5.41, 5.74) is 4.91. The molecule has 8 heteroatoms. The highest BCUT2D eigenvalue weighted by molar-refractivity contribution is 7.89. The Morgan fingerprint density at radius 2 is 1.85 bits per heavy atom. The van der Waals surface area contributed by atoms with Crippen LogP contribution in [0.4, 0.5) is 5.69 Å². The number of nitrogens with zero attached hydrogens (tertiary/aromatic N) is 1. The number of hydrazine groups is 1. The van der Waals surface area contributed by atoms with Crippen molar-refractivity contribution in [2.75, 3.05) is 11.4 Å². The van der Waals surface area contributed by atoms with Crippen molar-refractivity contribution >= 4 is 27.5 Å². The summed E-state index contributed by atoms with van der Waals surface area (Å²) >= 11 is 0. The fraction of sp³-hybridized carbons (Fsp3) is 0.263. The summed E-state index contributed by atoms with van der Waals surface area (Å²) in [7, 11) is -3.93. The second-order valence-electron chi connectivity index (χ2n) is 6.44. The van der Waals surface area contributed by atoms with Crippen molar-refractivity contribution < 1.29 is 18.0 Å². The Morgan fingerprint density at radius 3 is 2.56 bits per heavy atom. The smallest absolute Gasteiger partial charge is 0.266 e. The van der Waals surface area contributed by atoms with Crippen LogP contribution in [0.15, 0.2) is 47.4 Å². The molecule has 1 heterocycles. The van der Waals surface area contributed by atoms with Crippen LogP contribution in [0.1, 0.15) is 34.8 Å². The summed E-state index contributed by atoms with van der Waals surface area (Å²) in [4.78, 5) is 27.8. The van der Waals surface area contributed by atoms with Gasteiger partial charge in [-0.3, -0.25) is 15.0 Å². The molecule has 0 atom stereocenters. The quantitative estimate of drug-likeness (QED) is 0.784. The van der Waals surface area contributed by atoms with E-state index in [-0.39, 0.29) is 10.8 Å². The Bertz CT molecular complexity index is 1000. The molecule has 2 aromatic rings. The second-order valence-corrected chi connectivity index (χ2v) is 8.12. The molecule has 0 fully saturated rings. The predicted molar refractivity (Wildman–Crippen MR) is 102 cm³/mol. The van der Waals surface area contributed by atoms with Gasteiger partial charge in [0.25, 0.3) is 15.9 Å². The zero-order valence-corrected chi connectivity index (χ0v) is 16.0. The average molecular weight is 387 g/mol. The molecule has 27 heavy (non-hydrogen) atoms. The molecule has 0 unspecified atom stereocenters. The molecule has 0 saturated carbocycles. The Morgan fingerprint density at radius 1 is 1.11 bits per heavy atom. The normalized spacial score (nSPS) is 13.8. The zero-order valence-electron chi connectivity index (χ0n) is 15.2. The molecule has 0 spiro atoms. The third kappa shape index (κ3) is 4.01. The first-order chi connectivity index (χ1) is 12.8. The molecule has 0 aliphatic carbocycles. The number of fused-ring (bicyclic) bond motifs is 1. The summed E-state index contributed by atoms with van der Waals surface area (Å²) in [5.74, 6) is -0.604. The summed E-state index contributed by atoms with van der Waals surface area (Å²) in [6.07, 6.45) is 1.46. The minimum absolute atomic E-state index is 0.0386. The standard InChI is InChI=1S/C19H21N3O4S/c1-13-6-3-4-8-17(13)19(24)20-21-27(25,26)16-9-10-18-15(12-16)7-5-11-22(18)14(2)23/h3-4,6,8-10,12,21H,5,7,11H2,1-2H3,(H,20,24). The Kier molecular flexibility index (Phi) is 5.29. The molecular formula is C19H21N3O4S. The van der Waals surface area contributed by atoms with E-state index in [4.69, 9.17) is 0 Å². The van der Waals surface area contributed by atoms with Crippen LogP contribution < -0.4 is 15.2 Å². The van der Waals surface area contributed by atoms with Gasteiger partial charge in [0.15, 0.2) is 0 Å². The van der Waals surface area contributed by atoms with E-state index in [1.165, 1.54) is 13.0 Å². The fourth-order valence-corrected chi connectivity index (χ4v) is 4.02. The highest BCUT2D eigenvalue weighted by Gasteiger charge is 2.23. The maximum atomic E-state index is 12.5. The van der Waals surface area contributed by atoms with Gasteiger partial charge in [-0.2, -0.15) is 0 Å². The Labute approximate surface area is 158 Å². The first kappa shape index (κ1) is 19.1. The first-order valence-electron chi connectivity index (χ1n) is 8.58. The summed E-state index contributed by atoms with van der Waals surface area (Å²) in [6, 6.07) is 11.5. The topological polar surface area (TPSA) is 95.6 Å². The number of carbonyl (C=O) groups is 2. The van der Waals surface area contributed by atoms with Crippen molar-refractivity contribution in [1.29, 1.82) is 0 Å². The molecule has 3 rings (SSSR count). The van der Waals surface area contributed by atoms with Gasteiger partial charge in [-0.05, 0) is 55.2 Å². The van der Waals surface area contributed by atoms with E-state index in [2.05, 4.69) is 10.3 Å². The second kappa shape index (κ2) is 7.50. The van der Waals surface area contributed by atoms with Crippen molar-refractivity contribution in [2.24, 2.45) is 0 Å². The van der Waals surface area contributed by atoms with Gasteiger partial charge in [0, 0.05) is 24.7 Å². The van der Waals surface area contributed by atoms with Crippen molar-refractivity contribution in [3.05, 3.63) is 59.2 Å². The van der Waals surface area contributed by atoms with Gasteiger partial charge in [-0.15, -0.1) is 4.83 Å². The number of aryl methyl sites for hydroxylation is 2. The molecule has 2 amide bonds. The molecule has 142 valence electrons. The SMILES string of the molecule is CC(=O)N1CCCc2cc(S(=O)(=O)NNC(=O)c3ccccc3C)ccc21. The number of nitrogens with one attached hydrogen (secondary N) is 2. The number of carbonyl (C=O) groups excluding carboxylic acids is 2. The van der Waals surface area contributed by atoms with Crippen LogP contribution in [0.3, 0.4) is 0 Å². The maximum Gasteiger partial charge on any atom is 0.266 e. The van der Waals surface area contributed by atoms with Gasteiger partial charge in [0.2, 0.25) is 5.91 Å². The van der Waals surface area contributed by atoms with Crippen molar-refractivity contribution in [3.63, 3.8) is 0 Å². The molecule has 0 saturated heterocycles. The Hall–Kier alpha value is -2.71. The van der Waals surface area contributed by atoms with Crippen LogP contribution in [0.5, 0.6) is 0 Å². The molecule has 7 nitrogen and oxygen atoms in total. The summed E-state index contributed by atoms with van der Waals surface area (Å²) < 4.78 is 25.1. The molecule has 0 aromatic heterocycles. The lowest BCUT2D eigenvalue weighted by atomic mass is 10.0. The van der Waals surface area contributed by atoms with Crippen LogP contribution in [0.2, 0.25) is 0 Å². The fourth-order valence-electron chi connectivity index (χ4n) is 3.14. The molecule has 2 aromatic carbocycles. The third-order valence-electron chi connectivity index (χ3n) is 4.55. The van der Waals surface area contributed by atoms with Crippen LogP contribution in [-0.2, 0) is 21.2 Å². The minimum Gasteiger partial charge on any atom is -0.312 e. The van der Waals surface area contributed by atoms with Crippen molar-refractivity contribution in [1.82, 2.24) is 10.3 Å². The highest BCUT2D eigenvalue weighted by atomic mass is 32.2. The first-order valence-corrected chi connectivity index (χ1v) is 10.1. The monoisotopic (exact) mass is 387 g/mol. The van der Waals surface area contributed by atoms with E-state index in [1.54, 1.807) is 48.2 Å². The number of hydrogen-bond acceptors (Lipinski definition) is 4. The number of benzene rings is 2. The van der Waals surface area contributed by atoms with E-state index in [1.807, 2.05) is 0 Å². The average Bonchev–Trinajstić information content (AvgIpc) is 2.65. The third-order valence-corrected chi connectivity index (χ3v) is 5.79. The van der Waals surface area contributed by atoms with Gasteiger partial charge in [0.1, 0.15) is 0 Å². The number of anilines is 1. The highest BCUT2D eigenvalue weighted by Crippen LogP contribution is 2.29. The van der Waals surface area contributed by atoms with Gasteiger partial charge < -0.3 is 4.90 Å². The molecule has 0 radical (unpaired) electrons. The lowest BCUT2D eigenvalue weighted by Gasteiger charge is -2.28. The van der Waals surface area contributed by atoms with Crippen molar-refractivity contribution in [3.8, 4) is 0 Å². The lowest BCUT2D eigenvalue weighted by molar-refractivity contribution is -0.116. The minimum atomic E-state index is -3.93. The lowest BCUT2D eigenvalue weighted by Crippen LogP contribution is -2.42. The van der Waals surface area contributed by atoms with Crippen LogP contribution in [0.25, 0.3) is 0 Å². The number of sulfonamides is 1. The number of rotatable bonds is 4. The largest absolute Gasteiger partial charge is 0.312 e. The van der Waals surface area contributed by atoms with Crippen LogP contribution >= 0.6 is 0 Å². The van der Waals surface area contributed by atoms with E-state index in [0.29, 0.717) is 18.5 Å². The predicted octanol–water partition coefficient (Wildman–Crippen LogP) is 1.92. The van der Waals surface area contributed by atoms with Gasteiger partial charge in [-0.1, -0.05) is 18.2 Å². The molecule has 2 N–H and O–H groups in total. The zero-order chi connectivity index (χ0) is 19.6. The molecule has 1 aliphatic heterocycles. The molecule has 0 bridgehead atoms. The van der Waals surface area contributed by atoms with Gasteiger partial charge in [-0.25, -0.2) is 8.42 Å². The van der Waals surface area contributed by atoms with Gasteiger partial charge in [0.05, 0.1) is 4.90 Å². The van der Waals surface area contributed by atoms with Crippen LogP contribution in [0, 0.1) is 6.92 Å². The Balaban J connectivity index is 1.78. The van der Waals surface area contributed by atoms with Crippen LogP contribution in [-0.4, -0.2) is 26.8 Å². The summed E-state index contributed by atoms with van der Waals surface area (Å²) in [5, 5.41) is 0. The van der Waals surface area contributed by atoms with Crippen molar-refractivity contribution in [2.45, 2.75) is 31.6 Å². The maximum absolute atomic E-state index is 12.5. The van der Waals surface area contributed by atoms with E-state index in [0.717, 1.165) is 23.2 Å². The van der Waals surface area contributed by atoms with Gasteiger partial charge >= 0.3 is 0 Å². The van der Waals surface area contributed by atoms with E-state index >= 15 is 0 Å². The number of hydrogen-bond donors (Lipinski definition) is 2. The molecular weight excluding hydrogens is 366 g/mol. The number of amides is 2.